The maximum atomic E-state index is 13.9. The molecule has 0 radical (unpaired) electrons. The monoisotopic (exact) mass is 539 g/mol. The highest BCUT2D eigenvalue weighted by atomic mass is 32.2. The lowest BCUT2D eigenvalue weighted by molar-refractivity contribution is -0.140. The van der Waals surface area contributed by atoms with Gasteiger partial charge in [-0.2, -0.15) is 0 Å². The third-order valence-corrected chi connectivity index (χ3v) is 7.28. The van der Waals surface area contributed by atoms with Crippen molar-refractivity contribution in [1.29, 1.82) is 0 Å². The minimum absolute atomic E-state index is 0.00152. The second kappa shape index (κ2) is 13.2. The van der Waals surface area contributed by atoms with E-state index in [0.717, 1.165) is 16.1 Å². The number of nitrogens with one attached hydrogen (secondary N) is 1. The van der Waals surface area contributed by atoms with Gasteiger partial charge in [-0.25, -0.2) is 12.8 Å². The van der Waals surface area contributed by atoms with Gasteiger partial charge < -0.3 is 10.2 Å². The van der Waals surface area contributed by atoms with Crippen LogP contribution in [0.3, 0.4) is 0 Å². The van der Waals surface area contributed by atoms with Gasteiger partial charge in [0.05, 0.1) is 11.9 Å². The molecule has 7 nitrogen and oxygen atoms in total. The van der Waals surface area contributed by atoms with Crippen LogP contribution < -0.4 is 9.62 Å². The molecule has 0 bridgehead atoms. The number of aryl methyl sites for hydroxylation is 1. The summed E-state index contributed by atoms with van der Waals surface area (Å²) >= 11 is 0. The predicted molar refractivity (Wildman–Crippen MR) is 148 cm³/mol. The second-order valence-corrected chi connectivity index (χ2v) is 11.1. The number of para-hydroxylation sites is 1. The molecule has 1 unspecified atom stereocenters. The number of hydrogen-bond acceptors (Lipinski definition) is 4. The molecule has 0 aromatic heterocycles. The van der Waals surface area contributed by atoms with Crippen LogP contribution in [0.4, 0.5) is 10.1 Å². The maximum Gasteiger partial charge on any atom is 0.244 e. The summed E-state index contributed by atoms with van der Waals surface area (Å²) in [7, 11) is -3.83. The molecule has 0 heterocycles. The number of amides is 2. The SMILES string of the molecule is CCCNC(=O)C(Cc1ccccc1)N(Cc1ccc(F)cc1)C(=O)CN(c1ccccc1C)S(C)(=O)=O. The predicted octanol–water partition coefficient (Wildman–Crippen LogP) is 4.07. The van der Waals surface area contributed by atoms with E-state index in [9.17, 15) is 22.4 Å². The first-order valence-corrected chi connectivity index (χ1v) is 14.3. The summed E-state index contributed by atoms with van der Waals surface area (Å²) < 4.78 is 40.3. The van der Waals surface area contributed by atoms with Gasteiger partial charge in [0.25, 0.3) is 0 Å². The second-order valence-electron chi connectivity index (χ2n) is 9.20. The van der Waals surface area contributed by atoms with E-state index in [1.165, 1.54) is 17.0 Å². The lowest BCUT2D eigenvalue weighted by Gasteiger charge is -2.33. The normalized spacial score (nSPS) is 12.0. The number of halogens is 1. The molecule has 9 heteroatoms. The zero-order valence-corrected chi connectivity index (χ0v) is 22.7. The van der Waals surface area contributed by atoms with Gasteiger partial charge in [-0.3, -0.25) is 13.9 Å². The van der Waals surface area contributed by atoms with Crippen LogP contribution in [0.2, 0.25) is 0 Å². The van der Waals surface area contributed by atoms with Crippen molar-refractivity contribution in [3.8, 4) is 0 Å². The zero-order valence-electron chi connectivity index (χ0n) is 21.9. The Morgan fingerprint density at radius 2 is 1.55 bits per heavy atom. The molecule has 1 N–H and O–H groups in total. The van der Waals surface area contributed by atoms with Crippen molar-refractivity contribution in [3.63, 3.8) is 0 Å². The van der Waals surface area contributed by atoms with Crippen LogP contribution in [0.25, 0.3) is 0 Å². The Kier molecular flexibility index (Phi) is 10.0. The lowest BCUT2D eigenvalue weighted by Crippen LogP contribution is -2.53. The third-order valence-electron chi connectivity index (χ3n) is 6.15. The van der Waals surface area contributed by atoms with Crippen LogP contribution in [0.15, 0.2) is 78.9 Å². The van der Waals surface area contributed by atoms with Crippen molar-refractivity contribution in [2.75, 3.05) is 23.7 Å². The first-order valence-electron chi connectivity index (χ1n) is 12.5. The van der Waals surface area contributed by atoms with Crippen molar-refractivity contribution >= 4 is 27.5 Å². The van der Waals surface area contributed by atoms with E-state index in [-0.39, 0.29) is 18.9 Å². The molecule has 0 saturated heterocycles. The maximum absolute atomic E-state index is 13.9. The van der Waals surface area contributed by atoms with E-state index in [0.29, 0.717) is 29.8 Å². The zero-order chi connectivity index (χ0) is 27.7. The molecule has 2 amide bonds. The van der Waals surface area contributed by atoms with Gasteiger partial charge in [0, 0.05) is 19.5 Å². The summed E-state index contributed by atoms with van der Waals surface area (Å²) in [5.41, 5.74) is 2.54. The summed E-state index contributed by atoms with van der Waals surface area (Å²) in [4.78, 5) is 28.7. The summed E-state index contributed by atoms with van der Waals surface area (Å²) in [6, 6.07) is 21.0. The molecule has 3 aromatic carbocycles. The number of sulfonamides is 1. The number of anilines is 1. The first-order chi connectivity index (χ1) is 18.1. The average molecular weight is 540 g/mol. The number of rotatable bonds is 12. The largest absolute Gasteiger partial charge is 0.354 e. The van der Waals surface area contributed by atoms with Crippen molar-refractivity contribution in [2.45, 2.75) is 39.3 Å². The van der Waals surface area contributed by atoms with Crippen LogP contribution in [-0.2, 0) is 32.6 Å². The van der Waals surface area contributed by atoms with Gasteiger partial charge in [-0.15, -0.1) is 0 Å². The highest BCUT2D eigenvalue weighted by molar-refractivity contribution is 7.92. The standard InChI is InChI=1S/C29H34FN3O4S/c1-4-18-31-29(35)27(19-23-11-6-5-7-12-23)32(20-24-14-16-25(30)17-15-24)28(34)21-33(38(3,36)37)26-13-9-8-10-22(26)2/h5-17,27H,4,18-21H2,1-3H3,(H,31,35). The molecule has 0 fully saturated rings. The van der Waals surface area contributed by atoms with Gasteiger partial charge in [-0.05, 0) is 48.2 Å². The number of nitrogens with zero attached hydrogens (tertiary/aromatic N) is 2. The molecule has 0 saturated carbocycles. The van der Waals surface area contributed by atoms with Gasteiger partial charge in [-0.1, -0.05) is 67.6 Å². The molecule has 0 aliphatic carbocycles. The smallest absolute Gasteiger partial charge is 0.244 e. The number of carbonyl (C=O) groups is 2. The van der Waals surface area contributed by atoms with Crippen LogP contribution in [0.1, 0.15) is 30.0 Å². The molecular weight excluding hydrogens is 505 g/mol. The van der Waals surface area contributed by atoms with E-state index in [4.69, 9.17) is 0 Å². The highest BCUT2D eigenvalue weighted by Crippen LogP contribution is 2.23. The molecule has 202 valence electrons. The summed E-state index contributed by atoms with van der Waals surface area (Å²) in [5, 5.41) is 2.88. The highest BCUT2D eigenvalue weighted by Gasteiger charge is 2.33. The minimum Gasteiger partial charge on any atom is -0.354 e. The minimum atomic E-state index is -3.83. The number of carbonyl (C=O) groups excluding carboxylic acids is 2. The fourth-order valence-corrected chi connectivity index (χ4v) is 5.05. The van der Waals surface area contributed by atoms with Gasteiger partial charge in [0.1, 0.15) is 18.4 Å². The molecule has 3 aromatic rings. The van der Waals surface area contributed by atoms with Crippen molar-refractivity contribution in [3.05, 3.63) is 101 Å². The van der Waals surface area contributed by atoms with E-state index >= 15 is 0 Å². The number of hydrogen-bond donors (Lipinski definition) is 1. The summed E-state index contributed by atoms with van der Waals surface area (Å²) in [6.07, 6.45) is 1.99. The van der Waals surface area contributed by atoms with Gasteiger partial charge >= 0.3 is 0 Å². The summed E-state index contributed by atoms with van der Waals surface area (Å²) in [5.74, 6) is -1.31. The molecule has 38 heavy (non-hydrogen) atoms. The van der Waals surface area contributed by atoms with E-state index < -0.39 is 34.3 Å². The number of benzene rings is 3. The Hall–Kier alpha value is -3.72. The van der Waals surface area contributed by atoms with E-state index in [2.05, 4.69) is 5.32 Å². The molecule has 0 spiro atoms. The van der Waals surface area contributed by atoms with Crippen molar-refractivity contribution in [1.82, 2.24) is 10.2 Å². The quantitative estimate of drug-likeness (QED) is 0.376. The van der Waals surface area contributed by atoms with Crippen LogP contribution in [-0.4, -0.2) is 50.5 Å². The van der Waals surface area contributed by atoms with Crippen LogP contribution in [0, 0.1) is 12.7 Å². The molecule has 0 aliphatic rings. The fraction of sp³-hybridized carbons (Fsp3) is 0.310. The lowest BCUT2D eigenvalue weighted by atomic mass is 10.0. The average Bonchev–Trinajstić information content (AvgIpc) is 2.89. The van der Waals surface area contributed by atoms with Crippen molar-refractivity contribution < 1.29 is 22.4 Å². The van der Waals surface area contributed by atoms with Gasteiger partial charge in [0.15, 0.2) is 0 Å². The Morgan fingerprint density at radius 3 is 2.16 bits per heavy atom. The van der Waals surface area contributed by atoms with Crippen LogP contribution >= 0.6 is 0 Å². The van der Waals surface area contributed by atoms with E-state index in [1.54, 1.807) is 43.3 Å². The first kappa shape index (κ1) is 28.8. The van der Waals surface area contributed by atoms with Crippen LogP contribution in [0.5, 0.6) is 0 Å². The summed E-state index contributed by atoms with van der Waals surface area (Å²) in [6.45, 7) is 3.64. The topological polar surface area (TPSA) is 86.8 Å². The molecule has 0 aliphatic heterocycles. The van der Waals surface area contributed by atoms with Crippen molar-refractivity contribution in [2.24, 2.45) is 0 Å². The third kappa shape index (κ3) is 7.89. The fourth-order valence-electron chi connectivity index (χ4n) is 4.14. The molecular formula is C29H34FN3O4S. The molecule has 1 atom stereocenters. The Morgan fingerprint density at radius 1 is 0.921 bits per heavy atom. The Labute approximate surface area is 224 Å². The Bertz CT molecular complexity index is 1330. The Balaban J connectivity index is 2.04. The van der Waals surface area contributed by atoms with Gasteiger partial charge in [0.2, 0.25) is 21.8 Å². The van der Waals surface area contributed by atoms with E-state index in [1.807, 2.05) is 37.3 Å². The molecule has 3 rings (SSSR count).